The fourth-order valence-corrected chi connectivity index (χ4v) is 2.46. The molecule has 0 aromatic heterocycles. The topological polar surface area (TPSA) is 30.5 Å². The zero-order valence-electron chi connectivity index (χ0n) is 10.9. The van der Waals surface area contributed by atoms with E-state index >= 15 is 0 Å². The van der Waals surface area contributed by atoms with Crippen LogP contribution in [-0.4, -0.2) is 6.79 Å². The second-order valence-corrected chi connectivity index (χ2v) is 5.00. The van der Waals surface area contributed by atoms with Crippen molar-refractivity contribution in [2.75, 3.05) is 12.1 Å². The van der Waals surface area contributed by atoms with Gasteiger partial charge in [-0.2, -0.15) is 0 Å². The minimum Gasteiger partial charge on any atom is -0.454 e. The summed E-state index contributed by atoms with van der Waals surface area (Å²) in [5, 5.41) is 3.59. The highest BCUT2D eigenvalue weighted by Gasteiger charge is 2.18. The van der Waals surface area contributed by atoms with Crippen molar-refractivity contribution in [2.45, 2.75) is 13.5 Å². The molecule has 0 radical (unpaired) electrons. The molecule has 0 saturated carbocycles. The van der Waals surface area contributed by atoms with Crippen LogP contribution in [0.15, 0.2) is 30.3 Å². The maximum atomic E-state index is 13.7. The van der Waals surface area contributed by atoms with Crippen molar-refractivity contribution in [3.8, 4) is 11.5 Å². The van der Waals surface area contributed by atoms with Gasteiger partial charge in [-0.15, -0.1) is 0 Å². The number of ether oxygens (including phenoxy) is 2. The summed E-state index contributed by atoms with van der Waals surface area (Å²) >= 11 is 6.11. The van der Waals surface area contributed by atoms with Gasteiger partial charge in [-0.1, -0.05) is 23.7 Å². The van der Waals surface area contributed by atoms with Crippen molar-refractivity contribution < 1.29 is 13.9 Å². The van der Waals surface area contributed by atoms with Crippen molar-refractivity contribution >= 4 is 17.3 Å². The molecule has 0 atom stereocenters. The lowest BCUT2D eigenvalue weighted by Gasteiger charge is -2.11. The van der Waals surface area contributed by atoms with Crippen molar-refractivity contribution in [1.29, 1.82) is 0 Å². The number of fused-ring (bicyclic) bond motifs is 1. The number of benzene rings is 2. The van der Waals surface area contributed by atoms with E-state index in [4.69, 9.17) is 21.1 Å². The van der Waals surface area contributed by atoms with Gasteiger partial charge in [0.2, 0.25) is 6.79 Å². The molecule has 0 bridgehead atoms. The van der Waals surface area contributed by atoms with Crippen LogP contribution in [-0.2, 0) is 6.54 Å². The molecule has 1 N–H and O–H groups in total. The van der Waals surface area contributed by atoms with E-state index < -0.39 is 0 Å². The first-order valence-corrected chi connectivity index (χ1v) is 6.60. The van der Waals surface area contributed by atoms with Gasteiger partial charge in [0, 0.05) is 6.54 Å². The van der Waals surface area contributed by atoms with Crippen LogP contribution in [0.3, 0.4) is 0 Å². The number of nitrogens with one attached hydrogen (secondary N) is 1. The van der Waals surface area contributed by atoms with Gasteiger partial charge in [-0.3, -0.25) is 0 Å². The van der Waals surface area contributed by atoms with E-state index in [0.717, 1.165) is 11.1 Å². The molecule has 0 fully saturated rings. The molecule has 2 aromatic carbocycles. The third kappa shape index (κ3) is 2.39. The molecule has 1 heterocycles. The van der Waals surface area contributed by atoms with E-state index in [0.29, 0.717) is 28.8 Å². The molecule has 0 spiro atoms. The number of hydrogen-bond donors (Lipinski definition) is 1. The zero-order valence-corrected chi connectivity index (χ0v) is 11.6. The van der Waals surface area contributed by atoms with Crippen molar-refractivity contribution in [2.24, 2.45) is 0 Å². The van der Waals surface area contributed by atoms with E-state index in [9.17, 15) is 4.39 Å². The second kappa shape index (κ2) is 5.21. The van der Waals surface area contributed by atoms with Gasteiger partial charge in [-0.05, 0) is 36.2 Å². The highest BCUT2D eigenvalue weighted by atomic mass is 35.5. The summed E-state index contributed by atoms with van der Waals surface area (Å²) in [7, 11) is 0. The minimum atomic E-state index is -0.267. The molecule has 0 amide bonds. The van der Waals surface area contributed by atoms with E-state index in [2.05, 4.69) is 5.32 Å². The Morgan fingerprint density at radius 2 is 2.15 bits per heavy atom. The Kier molecular flexibility index (Phi) is 3.40. The van der Waals surface area contributed by atoms with Gasteiger partial charge >= 0.3 is 0 Å². The first kappa shape index (κ1) is 13.1. The molecule has 1 aliphatic heterocycles. The van der Waals surface area contributed by atoms with Crippen LogP contribution in [0, 0.1) is 12.7 Å². The molecule has 0 unspecified atom stereocenters. The Morgan fingerprint density at radius 1 is 1.30 bits per heavy atom. The molecule has 1 aliphatic rings. The summed E-state index contributed by atoms with van der Waals surface area (Å²) in [5.74, 6) is 0.925. The fourth-order valence-electron chi connectivity index (χ4n) is 2.17. The maximum Gasteiger partial charge on any atom is 0.231 e. The van der Waals surface area contributed by atoms with Crippen molar-refractivity contribution in [3.05, 3.63) is 52.3 Å². The number of rotatable bonds is 3. The van der Waals surface area contributed by atoms with Crippen LogP contribution in [0.5, 0.6) is 11.5 Å². The molecule has 0 aliphatic carbocycles. The molecule has 20 heavy (non-hydrogen) atoms. The number of halogens is 2. The highest BCUT2D eigenvalue weighted by Crippen LogP contribution is 2.39. The van der Waals surface area contributed by atoms with Crippen molar-refractivity contribution in [3.63, 3.8) is 0 Å². The minimum absolute atomic E-state index is 0.179. The lowest BCUT2D eigenvalue weighted by atomic mass is 10.1. The lowest BCUT2D eigenvalue weighted by Crippen LogP contribution is -2.03. The summed E-state index contributed by atoms with van der Waals surface area (Å²) in [6.45, 7) is 2.49. The quantitative estimate of drug-likeness (QED) is 0.923. The third-order valence-corrected chi connectivity index (χ3v) is 3.46. The number of para-hydroxylation sites is 1. The van der Waals surface area contributed by atoms with Crippen LogP contribution in [0.25, 0.3) is 0 Å². The Morgan fingerprint density at radius 3 is 2.95 bits per heavy atom. The monoisotopic (exact) mass is 293 g/mol. The Hall–Kier alpha value is -1.94. The first-order valence-electron chi connectivity index (χ1n) is 6.22. The SMILES string of the molecule is Cc1cccc(F)c1NCc1cc(Cl)c2c(c1)OCO2. The van der Waals surface area contributed by atoms with E-state index in [1.807, 2.05) is 19.1 Å². The Balaban J connectivity index is 1.81. The summed E-state index contributed by atoms with van der Waals surface area (Å²) in [4.78, 5) is 0. The fraction of sp³-hybridized carbons (Fsp3) is 0.200. The van der Waals surface area contributed by atoms with Gasteiger partial charge in [0.05, 0.1) is 10.7 Å². The first-order chi connectivity index (χ1) is 9.65. The van der Waals surface area contributed by atoms with Gasteiger partial charge in [0.1, 0.15) is 5.82 Å². The molecular formula is C15H13ClFNO2. The predicted molar refractivity (Wildman–Crippen MR) is 76.0 cm³/mol. The average molecular weight is 294 g/mol. The van der Waals surface area contributed by atoms with Gasteiger partial charge < -0.3 is 14.8 Å². The number of hydrogen-bond acceptors (Lipinski definition) is 3. The molecule has 0 saturated heterocycles. The number of anilines is 1. The van der Waals surface area contributed by atoms with E-state index in [-0.39, 0.29) is 12.6 Å². The summed E-state index contributed by atoms with van der Waals surface area (Å²) < 4.78 is 24.3. The molecule has 104 valence electrons. The lowest BCUT2D eigenvalue weighted by molar-refractivity contribution is 0.174. The largest absolute Gasteiger partial charge is 0.454 e. The van der Waals surface area contributed by atoms with E-state index in [1.54, 1.807) is 12.1 Å². The smallest absolute Gasteiger partial charge is 0.231 e. The van der Waals surface area contributed by atoms with Gasteiger partial charge in [-0.25, -0.2) is 4.39 Å². The summed E-state index contributed by atoms with van der Waals surface area (Å²) in [6.07, 6.45) is 0. The summed E-state index contributed by atoms with van der Waals surface area (Å²) in [5.41, 5.74) is 2.26. The Labute approximate surface area is 121 Å². The normalized spacial score (nSPS) is 12.6. The molecule has 3 nitrogen and oxygen atoms in total. The van der Waals surface area contributed by atoms with Crippen LogP contribution >= 0.6 is 11.6 Å². The van der Waals surface area contributed by atoms with Gasteiger partial charge in [0.25, 0.3) is 0 Å². The van der Waals surface area contributed by atoms with Crippen molar-refractivity contribution in [1.82, 2.24) is 0 Å². The summed E-state index contributed by atoms with van der Waals surface area (Å²) in [6, 6.07) is 8.61. The molecule has 3 rings (SSSR count). The standard InChI is InChI=1S/C15H13ClFNO2/c1-9-3-2-4-12(17)14(9)18-7-10-5-11(16)15-13(6-10)19-8-20-15/h2-6,18H,7-8H2,1H3. The van der Waals surface area contributed by atoms with Crippen LogP contribution in [0.1, 0.15) is 11.1 Å². The van der Waals surface area contributed by atoms with Crippen LogP contribution in [0.2, 0.25) is 5.02 Å². The molecular weight excluding hydrogens is 281 g/mol. The second-order valence-electron chi connectivity index (χ2n) is 4.60. The third-order valence-electron chi connectivity index (χ3n) is 3.18. The highest BCUT2D eigenvalue weighted by molar-refractivity contribution is 6.32. The van der Waals surface area contributed by atoms with Crippen LogP contribution in [0.4, 0.5) is 10.1 Å². The average Bonchev–Trinajstić information content (AvgIpc) is 2.87. The van der Waals surface area contributed by atoms with Gasteiger partial charge in [0.15, 0.2) is 11.5 Å². The molecule has 2 aromatic rings. The maximum absolute atomic E-state index is 13.7. The van der Waals surface area contributed by atoms with Crippen LogP contribution < -0.4 is 14.8 Å². The predicted octanol–water partition coefficient (Wildman–Crippen LogP) is 4.13. The number of aryl methyl sites for hydroxylation is 1. The zero-order chi connectivity index (χ0) is 14.1. The van der Waals surface area contributed by atoms with E-state index in [1.165, 1.54) is 6.07 Å². The Bertz CT molecular complexity index is 640. The molecule has 5 heteroatoms.